The van der Waals surface area contributed by atoms with E-state index in [4.69, 9.17) is 9.47 Å². The molecule has 0 fully saturated rings. The summed E-state index contributed by atoms with van der Waals surface area (Å²) in [7, 11) is 5.09. The Kier molecular flexibility index (Phi) is 4.07. The number of ether oxygens (including phenoxy) is 2. The lowest BCUT2D eigenvalue weighted by Crippen LogP contribution is -2.53. The second kappa shape index (κ2) is 5.59. The van der Waals surface area contributed by atoms with Crippen molar-refractivity contribution in [3.05, 3.63) is 36.7 Å². The lowest BCUT2D eigenvalue weighted by Gasteiger charge is -2.35. The molecule has 1 aliphatic heterocycles. The maximum Gasteiger partial charge on any atom is 0.190 e. The number of ketones is 1. The van der Waals surface area contributed by atoms with Gasteiger partial charge in [0, 0.05) is 33.7 Å². The van der Waals surface area contributed by atoms with Gasteiger partial charge in [-0.1, -0.05) is 18.2 Å². The molecule has 1 aliphatic carbocycles. The molecule has 0 saturated heterocycles. The van der Waals surface area contributed by atoms with Gasteiger partial charge in [-0.3, -0.25) is 4.79 Å². The lowest BCUT2D eigenvalue weighted by molar-refractivity contribution is -0.147. The van der Waals surface area contributed by atoms with Crippen LogP contribution in [0.4, 0.5) is 0 Å². The average Bonchev–Trinajstić information content (AvgIpc) is 2.83. The summed E-state index contributed by atoms with van der Waals surface area (Å²) in [6, 6.07) is 0. The molecule has 104 valence electrons. The fraction of sp³-hybridized carbons (Fsp3) is 0.500. The first-order valence-electron chi connectivity index (χ1n) is 6.22. The molecule has 2 atom stereocenters. The van der Waals surface area contributed by atoms with Crippen molar-refractivity contribution in [3.8, 4) is 0 Å². The van der Waals surface area contributed by atoms with E-state index in [1.54, 1.807) is 20.3 Å². The molecule has 2 unspecified atom stereocenters. The van der Waals surface area contributed by atoms with Gasteiger partial charge in [0.2, 0.25) is 0 Å². The summed E-state index contributed by atoms with van der Waals surface area (Å²) in [5, 5.41) is 0. The summed E-state index contributed by atoms with van der Waals surface area (Å²) >= 11 is 0. The summed E-state index contributed by atoms with van der Waals surface area (Å²) in [5.74, 6) is -0.0117. The van der Waals surface area contributed by atoms with Crippen molar-refractivity contribution in [2.24, 2.45) is 0 Å². The van der Waals surface area contributed by atoms with Crippen molar-refractivity contribution in [1.29, 1.82) is 0 Å². The van der Waals surface area contributed by atoms with Crippen LogP contribution in [0.3, 0.4) is 0 Å². The van der Waals surface area contributed by atoms with Gasteiger partial charge in [-0.25, -0.2) is 0 Å². The van der Waals surface area contributed by atoms with Crippen molar-refractivity contribution in [2.75, 3.05) is 34.5 Å². The van der Waals surface area contributed by atoms with E-state index < -0.39 is 5.60 Å². The Morgan fingerprint density at radius 1 is 1.37 bits per heavy atom. The number of Topliss-reactive ketones (excluding diaryl/α,β-unsaturated/α-hetero) is 1. The van der Waals surface area contributed by atoms with Crippen molar-refractivity contribution in [3.63, 3.8) is 0 Å². The molecule has 0 bridgehead atoms. The highest BCUT2D eigenvalue weighted by Crippen LogP contribution is 2.26. The van der Waals surface area contributed by atoms with E-state index in [0.717, 1.165) is 0 Å². The number of carbonyl (C=O) groups excluding carboxylic acids is 1. The van der Waals surface area contributed by atoms with Crippen LogP contribution in [-0.4, -0.2) is 61.8 Å². The SMILES string of the molecule is COC1C=CC=CC1(OC)C(=O)CN1C=CN(C)C1. The Morgan fingerprint density at radius 3 is 2.74 bits per heavy atom. The van der Waals surface area contributed by atoms with E-state index in [-0.39, 0.29) is 11.9 Å². The molecule has 0 saturated carbocycles. The van der Waals surface area contributed by atoms with E-state index >= 15 is 0 Å². The lowest BCUT2D eigenvalue weighted by atomic mass is 9.87. The quantitative estimate of drug-likeness (QED) is 0.733. The molecule has 1 heterocycles. The first kappa shape index (κ1) is 13.8. The van der Waals surface area contributed by atoms with Gasteiger partial charge in [-0.2, -0.15) is 0 Å². The molecule has 19 heavy (non-hydrogen) atoms. The number of rotatable bonds is 5. The van der Waals surface area contributed by atoms with E-state index in [0.29, 0.717) is 13.2 Å². The van der Waals surface area contributed by atoms with Crippen LogP contribution in [0.5, 0.6) is 0 Å². The standard InChI is InChI=1S/C14H20N2O3/c1-15-8-9-16(11-15)10-12(17)14(19-3)7-5-4-6-13(14)18-2/h4-9,13H,10-11H2,1-3H3. The molecular weight excluding hydrogens is 244 g/mol. The zero-order valence-electron chi connectivity index (χ0n) is 11.6. The highest BCUT2D eigenvalue weighted by atomic mass is 16.5. The van der Waals surface area contributed by atoms with E-state index in [2.05, 4.69) is 0 Å². The van der Waals surface area contributed by atoms with Gasteiger partial charge in [0.25, 0.3) is 0 Å². The molecule has 0 amide bonds. The molecule has 0 radical (unpaired) electrons. The summed E-state index contributed by atoms with van der Waals surface area (Å²) in [4.78, 5) is 16.6. The van der Waals surface area contributed by atoms with Gasteiger partial charge >= 0.3 is 0 Å². The Bertz CT molecular complexity index is 430. The fourth-order valence-corrected chi connectivity index (χ4v) is 2.40. The Balaban J connectivity index is 2.12. The van der Waals surface area contributed by atoms with Crippen LogP contribution in [0.2, 0.25) is 0 Å². The Morgan fingerprint density at radius 2 is 2.16 bits per heavy atom. The van der Waals surface area contributed by atoms with Gasteiger partial charge in [0.05, 0.1) is 13.2 Å². The summed E-state index contributed by atoms with van der Waals surface area (Å²) < 4.78 is 10.9. The summed E-state index contributed by atoms with van der Waals surface area (Å²) in [6.45, 7) is 1.01. The fourth-order valence-electron chi connectivity index (χ4n) is 2.40. The highest BCUT2D eigenvalue weighted by molar-refractivity contribution is 5.92. The molecule has 0 N–H and O–H groups in total. The molecule has 5 heteroatoms. The number of allylic oxidation sites excluding steroid dienone is 2. The van der Waals surface area contributed by atoms with Crippen LogP contribution in [0, 0.1) is 0 Å². The van der Waals surface area contributed by atoms with Crippen LogP contribution in [0.25, 0.3) is 0 Å². The third kappa shape index (κ3) is 2.57. The third-order valence-electron chi connectivity index (χ3n) is 3.47. The zero-order chi connectivity index (χ0) is 13.9. The monoisotopic (exact) mass is 264 g/mol. The molecule has 0 aromatic rings. The Hall–Kier alpha value is -1.59. The molecule has 0 aromatic carbocycles. The predicted molar refractivity (Wildman–Crippen MR) is 72.3 cm³/mol. The topological polar surface area (TPSA) is 42.0 Å². The van der Waals surface area contributed by atoms with Crippen LogP contribution in [0.1, 0.15) is 0 Å². The highest BCUT2D eigenvalue weighted by Gasteiger charge is 2.44. The van der Waals surface area contributed by atoms with Crippen molar-refractivity contribution < 1.29 is 14.3 Å². The van der Waals surface area contributed by atoms with Crippen LogP contribution < -0.4 is 0 Å². The number of hydrogen-bond acceptors (Lipinski definition) is 5. The Labute approximate surface area is 113 Å². The molecule has 2 aliphatic rings. The number of carbonyl (C=O) groups is 1. The minimum absolute atomic E-state index is 0.0117. The van der Waals surface area contributed by atoms with Gasteiger partial charge in [-0.15, -0.1) is 0 Å². The molecule has 5 nitrogen and oxygen atoms in total. The minimum atomic E-state index is -1.03. The van der Waals surface area contributed by atoms with E-state index in [1.165, 1.54) is 0 Å². The molecule has 0 spiro atoms. The first-order valence-corrected chi connectivity index (χ1v) is 6.22. The smallest absolute Gasteiger partial charge is 0.190 e. The van der Waals surface area contributed by atoms with Crippen molar-refractivity contribution in [1.82, 2.24) is 9.80 Å². The maximum atomic E-state index is 12.6. The van der Waals surface area contributed by atoms with Gasteiger partial charge in [0.1, 0.15) is 6.10 Å². The second-order valence-electron chi connectivity index (χ2n) is 4.76. The normalized spacial score (nSPS) is 29.3. The predicted octanol–water partition coefficient (Wildman–Crippen LogP) is 0.758. The zero-order valence-corrected chi connectivity index (χ0v) is 11.6. The summed E-state index contributed by atoms with van der Waals surface area (Å²) in [5.41, 5.74) is -1.03. The molecular formula is C14H20N2O3. The minimum Gasteiger partial charge on any atom is -0.374 e. The van der Waals surface area contributed by atoms with Crippen LogP contribution in [-0.2, 0) is 14.3 Å². The van der Waals surface area contributed by atoms with Gasteiger partial charge < -0.3 is 19.3 Å². The number of nitrogens with zero attached hydrogens (tertiary/aromatic N) is 2. The summed E-state index contributed by atoms with van der Waals surface area (Å²) in [6.07, 6.45) is 10.8. The molecule has 2 rings (SSSR count). The van der Waals surface area contributed by atoms with E-state index in [1.807, 2.05) is 47.5 Å². The van der Waals surface area contributed by atoms with Crippen molar-refractivity contribution >= 4 is 5.78 Å². The van der Waals surface area contributed by atoms with E-state index in [9.17, 15) is 4.79 Å². The van der Waals surface area contributed by atoms with Crippen LogP contribution >= 0.6 is 0 Å². The number of methoxy groups -OCH3 is 2. The first-order chi connectivity index (χ1) is 9.12. The van der Waals surface area contributed by atoms with Crippen molar-refractivity contribution in [2.45, 2.75) is 11.7 Å². The average molecular weight is 264 g/mol. The maximum absolute atomic E-state index is 12.6. The largest absolute Gasteiger partial charge is 0.374 e. The third-order valence-corrected chi connectivity index (χ3v) is 3.47. The van der Waals surface area contributed by atoms with Crippen LogP contribution in [0.15, 0.2) is 36.7 Å². The number of hydrogen-bond donors (Lipinski definition) is 0. The molecule has 0 aromatic heterocycles. The van der Waals surface area contributed by atoms with Gasteiger partial charge in [0.15, 0.2) is 11.4 Å². The van der Waals surface area contributed by atoms with Gasteiger partial charge in [-0.05, 0) is 6.08 Å². The second-order valence-corrected chi connectivity index (χ2v) is 4.76.